The highest BCUT2D eigenvalue weighted by atomic mass is 35.5. The molecule has 24 heavy (non-hydrogen) atoms. The fourth-order valence-electron chi connectivity index (χ4n) is 2.41. The number of carbonyl (C=O) groups is 1. The summed E-state index contributed by atoms with van der Waals surface area (Å²) in [6.07, 6.45) is -0.492. The number of hydrogen-bond acceptors (Lipinski definition) is 3. The van der Waals surface area contributed by atoms with Crippen LogP contribution < -0.4 is 10.6 Å². The van der Waals surface area contributed by atoms with Gasteiger partial charge in [0.05, 0.1) is 12.6 Å². The van der Waals surface area contributed by atoms with Gasteiger partial charge in [-0.15, -0.1) is 24.8 Å². The van der Waals surface area contributed by atoms with Crippen LogP contribution in [0.1, 0.15) is 17.5 Å². The highest BCUT2D eigenvalue weighted by Gasteiger charge is 2.42. The molecule has 1 aliphatic heterocycles. The largest absolute Gasteiger partial charge is 0.351 e. The first-order chi connectivity index (χ1) is 10.3. The van der Waals surface area contributed by atoms with E-state index in [1.54, 1.807) is 12.1 Å². The lowest BCUT2D eigenvalue weighted by atomic mass is 10.1. The van der Waals surface area contributed by atoms with Gasteiger partial charge in [-0.3, -0.25) is 10.1 Å². The third-order valence-corrected chi connectivity index (χ3v) is 3.49. The molecular formula is C15H22Cl2F3N3O. The van der Waals surface area contributed by atoms with Crippen molar-refractivity contribution in [1.82, 2.24) is 15.5 Å². The van der Waals surface area contributed by atoms with Crippen molar-refractivity contribution < 1.29 is 18.0 Å². The predicted octanol–water partition coefficient (Wildman–Crippen LogP) is 2.34. The van der Waals surface area contributed by atoms with Crippen LogP contribution in [-0.2, 0) is 17.9 Å². The van der Waals surface area contributed by atoms with Gasteiger partial charge in [-0.1, -0.05) is 6.07 Å². The smallest absolute Gasteiger partial charge is 0.262 e. The number of nitrogens with one attached hydrogen (secondary N) is 2. The third kappa shape index (κ3) is 6.47. The normalized spacial score (nSPS) is 18.7. The van der Waals surface area contributed by atoms with Crippen LogP contribution in [0.2, 0.25) is 0 Å². The molecule has 1 heterocycles. The molecule has 138 valence electrons. The molecule has 2 N–H and O–H groups in total. The lowest BCUT2D eigenvalue weighted by Crippen LogP contribution is -2.40. The molecule has 0 bridgehead atoms. The maximum absolute atomic E-state index is 13.7. The Bertz CT molecular complexity index is 559. The molecule has 1 saturated heterocycles. The predicted molar refractivity (Wildman–Crippen MR) is 91.5 cm³/mol. The van der Waals surface area contributed by atoms with Gasteiger partial charge in [0.1, 0.15) is 5.82 Å². The Hall–Kier alpha value is -1.02. The lowest BCUT2D eigenvalue weighted by molar-refractivity contribution is -0.123. The van der Waals surface area contributed by atoms with Crippen molar-refractivity contribution in [2.24, 2.45) is 0 Å². The van der Waals surface area contributed by atoms with E-state index in [-0.39, 0.29) is 37.2 Å². The zero-order valence-electron chi connectivity index (χ0n) is 13.4. The lowest BCUT2D eigenvalue weighted by Gasteiger charge is -2.14. The van der Waals surface area contributed by atoms with Gasteiger partial charge >= 0.3 is 0 Å². The maximum Gasteiger partial charge on any atom is 0.262 e. The number of carbonyl (C=O) groups excluding carboxylic acids is 1. The van der Waals surface area contributed by atoms with Gasteiger partial charge < -0.3 is 10.2 Å². The molecule has 1 unspecified atom stereocenters. The van der Waals surface area contributed by atoms with Crippen molar-refractivity contribution in [3.8, 4) is 0 Å². The van der Waals surface area contributed by atoms with E-state index in [4.69, 9.17) is 0 Å². The van der Waals surface area contributed by atoms with Gasteiger partial charge in [-0.25, -0.2) is 13.2 Å². The second-order valence-electron chi connectivity index (χ2n) is 5.87. The van der Waals surface area contributed by atoms with Crippen molar-refractivity contribution >= 4 is 30.7 Å². The van der Waals surface area contributed by atoms with Gasteiger partial charge in [-0.05, 0) is 31.8 Å². The Morgan fingerprint density at radius 3 is 2.58 bits per heavy atom. The average molecular weight is 388 g/mol. The SMILES string of the molecule is CN(C)Cc1cc(CNC(=O)C2CC(F)(F)CN2)ccc1F.Cl.Cl. The Kier molecular flexibility index (Phi) is 9.06. The van der Waals surface area contributed by atoms with Crippen LogP contribution in [0.3, 0.4) is 0 Å². The van der Waals surface area contributed by atoms with Crippen LogP contribution in [0.25, 0.3) is 0 Å². The second-order valence-corrected chi connectivity index (χ2v) is 5.87. The van der Waals surface area contributed by atoms with Crippen molar-refractivity contribution in [3.63, 3.8) is 0 Å². The van der Waals surface area contributed by atoms with Crippen LogP contribution in [0.4, 0.5) is 13.2 Å². The minimum Gasteiger partial charge on any atom is -0.351 e. The topological polar surface area (TPSA) is 44.4 Å². The van der Waals surface area contributed by atoms with Gasteiger partial charge in [-0.2, -0.15) is 0 Å². The van der Waals surface area contributed by atoms with Crippen LogP contribution in [0, 0.1) is 5.82 Å². The zero-order valence-corrected chi connectivity index (χ0v) is 15.1. The molecule has 0 aromatic heterocycles. The quantitative estimate of drug-likeness (QED) is 0.814. The molecule has 4 nitrogen and oxygen atoms in total. The van der Waals surface area contributed by atoms with Gasteiger partial charge in [0, 0.05) is 25.1 Å². The van der Waals surface area contributed by atoms with E-state index in [0.29, 0.717) is 12.1 Å². The highest BCUT2D eigenvalue weighted by molar-refractivity contribution is 5.85. The molecular weight excluding hydrogens is 366 g/mol. The first-order valence-electron chi connectivity index (χ1n) is 7.08. The summed E-state index contributed by atoms with van der Waals surface area (Å²) in [7, 11) is 3.67. The van der Waals surface area contributed by atoms with Crippen molar-refractivity contribution in [2.75, 3.05) is 20.6 Å². The van der Waals surface area contributed by atoms with Crippen LogP contribution >= 0.6 is 24.8 Å². The van der Waals surface area contributed by atoms with Crippen molar-refractivity contribution in [3.05, 3.63) is 35.1 Å². The molecule has 1 aromatic carbocycles. The molecule has 1 fully saturated rings. The van der Waals surface area contributed by atoms with E-state index in [1.165, 1.54) is 6.07 Å². The molecule has 2 rings (SSSR count). The fourth-order valence-corrected chi connectivity index (χ4v) is 2.41. The van der Waals surface area contributed by atoms with Crippen LogP contribution in [-0.4, -0.2) is 43.4 Å². The minimum absolute atomic E-state index is 0. The molecule has 0 aliphatic carbocycles. The molecule has 0 radical (unpaired) electrons. The van der Waals surface area contributed by atoms with E-state index >= 15 is 0 Å². The standard InChI is InChI=1S/C15H20F3N3O.2ClH/c1-21(2)8-11-5-10(3-4-12(11)16)7-19-14(22)13-6-15(17,18)9-20-13;;/h3-5,13,20H,6-9H2,1-2H3,(H,19,22);2*1H. The average Bonchev–Trinajstić information content (AvgIpc) is 2.79. The Morgan fingerprint density at radius 1 is 1.38 bits per heavy atom. The number of amides is 1. The summed E-state index contributed by atoms with van der Waals surface area (Å²) in [5.41, 5.74) is 1.26. The summed E-state index contributed by atoms with van der Waals surface area (Å²) in [6, 6.07) is 3.72. The third-order valence-electron chi connectivity index (χ3n) is 3.49. The minimum atomic E-state index is -2.84. The summed E-state index contributed by atoms with van der Waals surface area (Å²) < 4.78 is 39.7. The summed E-state index contributed by atoms with van der Waals surface area (Å²) >= 11 is 0. The van der Waals surface area contributed by atoms with Crippen LogP contribution in [0.5, 0.6) is 0 Å². The van der Waals surface area contributed by atoms with Crippen molar-refractivity contribution in [2.45, 2.75) is 31.5 Å². The number of nitrogens with zero attached hydrogens (tertiary/aromatic N) is 1. The molecule has 0 spiro atoms. The van der Waals surface area contributed by atoms with E-state index in [0.717, 1.165) is 5.56 Å². The molecule has 0 saturated carbocycles. The Morgan fingerprint density at radius 2 is 2.04 bits per heavy atom. The summed E-state index contributed by atoms with van der Waals surface area (Å²) in [5, 5.41) is 5.11. The molecule has 1 atom stereocenters. The monoisotopic (exact) mass is 387 g/mol. The first-order valence-corrected chi connectivity index (χ1v) is 7.08. The van der Waals surface area contributed by atoms with E-state index in [2.05, 4.69) is 10.6 Å². The van der Waals surface area contributed by atoms with E-state index < -0.39 is 30.8 Å². The van der Waals surface area contributed by atoms with Crippen molar-refractivity contribution in [1.29, 1.82) is 0 Å². The summed E-state index contributed by atoms with van der Waals surface area (Å²) in [5.74, 6) is -3.60. The number of benzene rings is 1. The Labute approximate surface area is 152 Å². The second kappa shape index (κ2) is 9.46. The van der Waals surface area contributed by atoms with Gasteiger partial charge in [0.15, 0.2) is 0 Å². The highest BCUT2D eigenvalue weighted by Crippen LogP contribution is 2.25. The van der Waals surface area contributed by atoms with E-state index in [1.807, 2.05) is 19.0 Å². The molecule has 9 heteroatoms. The van der Waals surface area contributed by atoms with Gasteiger partial charge in [0.25, 0.3) is 5.92 Å². The summed E-state index contributed by atoms with van der Waals surface area (Å²) in [4.78, 5) is 13.7. The summed E-state index contributed by atoms with van der Waals surface area (Å²) in [6.45, 7) is 0.155. The number of halogens is 5. The molecule has 1 aliphatic rings. The number of alkyl halides is 2. The van der Waals surface area contributed by atoms with Gasteiger partial charge in [0.2, 0.25) is 5.91 Å². The molecule has 1 aromatic rings. The zero-order chi connectivity index (χ0) is 16.3. The number of hydrogen-bond donors (Lipinski definition) is 2. The maximum atomic E-state index is 13.7. The molecule has 1 amide bonds. The fraction of sp³-hybridized carbons (Fsp3) is 0.533. The Balaban J connectivity index is 0.00000264. The number of rotatable bonds is 5. The first kappa shape index (κ1) is 23.0. The van der Waals surface area contributed by atoms with Crippen LogP contribution in [0.15, 0.2) is 18.2 Å². The van der Waals surface area contributed by atoms with E-state index in [9.17, 15) is 18.0 Å².